The van der Waals surface area contributed by atoms with Crippen molar-refractivity contribution in [2.45, 2.75) is 11.4 Å². The molecule has 9 heteroatoms. The quantitative estimate of drug-likeness (QED) is 0.318. The Balaban J connectivity index is 1.40. The third-order valence-electron chi connectivity index (χ3n) is 5.29. The Morgan fingerprint density at radius 1 is 1.00 bits per heavy atom. The molecule has 180 valence electrons. The number of ether oxygens (including phenoxy) is 1. The lowest BCUT2D eigenvalue weighted by Gasteiger charge is -2.09. The first-order valence-corrected chi connectivity index (χ1v) is 11.8. The molecule has 0 spiro atoms. The van der Waals surface area contributed by atoms with Gasteiger partial charge in [-0.05, 0) is 30.3 Å². The molecule has 0 saturated heterocycles. The Morgan fingerprint density at radius 2 is 1.74 bits per heavy atom. The largest absolute Gasteiger partial charge is 0.497 e. The van der Waals surface area contributed by atoms with Gasteiger partial charge < -0.3 is 19.9 Å². The van der Waals surface area contributed by atoms with E-state index >= 15 is 0 Å². The van der Waals surface area contributed by atoms with E-state index in [0.717, 1.165) is 27.9 Å². The molecule has 0 aliphatic rings. The number of hydrogen-bond donors (Lipinski definition) is 2. The fraction of sp³-hybridized carbons (Fsp3) is 0.154. The van der Waals surface area contributed by atoms with E-state index in [-0.39, 0.29) is 18.2 Å². The maximum absolute atomic E-state index is 13.8. The lowest BCUT2D eigenvalue weighted by atomic mass is 10.2. The summed E-state index contributed by atoms with van der Waals surface area (Å²) in [6, 6.07) is 18.2. The van der Waals surface area contributed by atoms with Gasteiger partial charge in [0.05, 0.1) is 12.9 Å². The average molecular weight is 496 g/mol. The van der Waals surface area contributed by atoms with E-state index in [1.54, 1.807) is 31.4 Å². The Kier molecular flexibility index (Phi) is 7.67. The van der Waals surface area contributed by atoms with Gasteiger partial charge in [-0.25, -0.2) is 8.78 Å². The zero-order valence-corrected chi connectivity index (χ0v) is 19.7. The van der Waals surface area contributed by atoms with Crippen molar-refractivity contribution >= 4 is 40.2 Å². The highest BCUT2D eigenvalue weighted by molar-refractivity contribution is 8.00. The van der Waals surface area contributed by atoms with Crippen molar-refractivity contribution in [3.05, 3.63) is 90.1 Å². The molecular weight excluding hydrogens is 472 g/mol. The molecule has 0 fully saturated rings. The van der Waals surface area contributed by atoms with Crippen LogP contribution in [0.1, 0.15) is 10.4 Å². The summed E-state index contributed by atoms with van der Waals surface area (Å²) >= 11 is 1.40. The lowest BCUT2D eigenvalue weighted by molar-refractivity contribution is -0.113. The predicted octanol–water partition coefficient (Wildman–Crippen LogP) is 5.09. The molecule has 0 aliphatic carbocycles. The summed E-state index contributed by atoms with van der Waals surface area (Å²) in [5.41, 5.74) is 0.983. The fourth-order valence-electron chi connectivity index (χ4n) is 3.65. The summed E-state index contributed by atoms with van der Waals surface area (Å²) < 4.78 is 34.8. The summed E-state index contributed by atoms with van der Waals surface area (Å²) in [5.74, 6) is -1.91. The van der Waals surface area contributed by atoms with Gasteiger partial charge in [-0.15, -0.1) is 11.8 Å². The molecule has 3 aromatic carbocycles. The van der Waals surface area contributed by atoms with Gasteiger partial charge in [-0.2, -0.15) is 0 Å². The van der Waals surface area contributed by atoms with Crippen LogP contribution in [-0.2, 0) is 11.3 Å². The standard InChI is InChI=1S/C26H23F2N3O3S/c1-34-18-7-4-6-17(14-18)30-24(32)16-35-23-15-31(22-11-3-2-8-19(22)23)13-12-29-26(33)25-20(27)9-5-10-21(25)28/h2-11,14-15H,12-13,16H2,1H3,(H,29,33)(H,30,32). The van der Waals surface area contributed by atoms with Crippen LogP contribution in [0.2, 0.25) is 0 Å². The number of nitrogens with zero attached hydrogens (tertiary/aromatic N) is 1. The number of halogens is 2. The molecule has 6 nitrogen and oxygen atoms in total. The van der Waals surface area contributed by atoms with Crippen molar-refractivity contribution < 1.29 is 23.1 Å². The topological polar surface area (TPSA) is 72.4 Å². The molecule has 35 heavy (non-hydrogen) atoms. The van der Waals surface area contributed by atoms with E-state index in [0.29, 0.717) is 18.0 Å². The molecule has 2 amide bonds. The van der Waals surface area contributed by atoms with Gasteiger partial charge >= 0.3 is 0 Å². The number of benzene rings is 3. The molecule has 0 saturated carbocycles. The molecular formula is C26H23F2N3O3S. The molecule has 4 aromatic rings. The number of aromatic nitrogens is 1. The van der Waals surface area contributed by atoms with E-state index in [4.69, 9.17) is 4.74 Å². The number of carbonyl (C=O) groups is 2. The van der Waals surface area contributed by atoms with Crippen molar-refractivity contribution in [2.75, 3.05) is 24.7 Å². The molecule has 4 rings (SSSR count). The maximum atomic E-state index is 13.8. The van der Waals surface area contributed by atoms with Crippen molar-refractivity contribution in [1.29, 1.82) is 0 Å². The van der Waals surface area contributed by atoms with Gasteiger partial charge in [-0.3, -0.25) is 9.59 Å². The summed E-state index contributed by atoms with van der Waals surface area (Å²) in [5, 5.41) is 6.40. The van der Waals surface area contributed by atoms with Crippen LogP contribution >= 0.6 is 11.8 Å². The minimum Gasteiger partial charge on any atom is -0.497 e. The second-order valence-electron chi connectivity index (χ2n) is 7.63. The second kappa shape index (κ2) is 11.1. The second-order valence-corrected chi connectivity index (χ2v) is 8.64. The van der Waals surface area contributed by atoms with Crippen LogP contribution < -0.4 is 15.4 Å². The van der Waals surface area contributed by atoms with Crippen LogP contribution in [0.25, 0.3) is 10.9 Å². The van der Waals surface area contributed by atoms with Crippen molar-refractivity contribution in [2.24, 2.45) is 0 Å². The minimum absolute atomic E-state index is 0.153. The fourth-order valence-corrected chi connectivity index (χ4v) is 4.54. The predicted molar refractivity (Wildman–Crippen MR) is 133 cm³/mol. The number of methoxy groups -OCH3 is 1. The smallest absolute Gasteiger partial charge is 0.257 e. The molecule has 2 N–H and O–H groups in total. The first-order chi connectivity index (χ1) is 17.0. The van der Waals surface area contributed by atoms with Gasteiger partial charge in [0.2, 0.25) is 5.91 Å². The highest BCUT2D eigenvalue weighted by Gasteiger charge is 2.17. The van der Waals surface area contributed by atoms with Gasteiger partial charge in [-0.1, -0.05) is 30.3 Å². The number of anilines is 1. The Morgan fingerprint density at radius 3 is 2.51 bits per heavy atom. The number of rotatable bonds is 9. The van der Waals surface area contributed by atoms with E-state index in [2.05, 4.69) is 10.6 Å². The maximum Gasteiger partial charge on any atom is 0.257 e. The summed E-state index contributed by atoms with van der Waals surface area (Å²) in [6.45, 7) is 0.560. The Bertz CT molecular complexity index is 1350. The third-order valence-corrected chi connectivity index (χ3v) is 6.34. The summed E-state index contributed by atoms with van der Waals surface area (Å²) in [6.07, 6.45) is 1.91. The number of amides is 2. The zero-order valence-electron chi connectivity index (χ0n) is 18.9. The molecule has 1 aromatic heterocycles. The van der Waals surface area contributed by atoms with Crippen LogP contribution in [0, 0.1) is 11.6 Å². The monoisotopic (exact) mass is 495 g/mol. The zero-order chi connectivity index (χ0) is 24.8. The minimum atomic E-state index is -0.903. The third kappa shape index (κ3) is 5.81. The number of thioether (sulfide) groups is 1. The number of nitrogens with one attached hydrogen (secondary N) is 2. The SMILES string of the molecule is COc1cccc(NC(=O)CSc2cn(CCNC(=O)c3c(F)cccc3F)c3ccccc23)c1. The molecule has 0 atom stereocenters. The summed E-state index contributed by atoms with van der Waals surface area (Å²) in [7, 11) is 1.57. The van der Waals surface area contributed by atoms with E-state index in [9.17, 15) is 18.4 Å². The first kappa shape index (κ1) is 24.3. The van der Waals surface area contributed by atoms with Gasteiger partial charge in [0.25, 0.3) is 5.91 Å². The molecule has 0 unspecified atom stereocenters. The van der Waals surface area contributed by atoms with Crippen molar-refractivity contribution in [3.63, 3.8) is 0 Å². The Labute approximate surface area is 205 Å². The average Bonchev–Trinajstić information content (AvgIpc) is 3.20. The number of hydrogen-bond acceptors (Lipinski definition) is 4. The van der Waals surface area contributed by atoms with E-state index < -0.39 is 23.1 Å². The number of para-hydroxylation sites is 1. The normalized spacial score (nSPS) is 10.8. The van der Waals surface area contributed by atoms with Gasteiger partial charge in [0, 0.05) is 46.8 Å². The highest BCUT2D eigenvalue weighted by Crippen LogP contribution is 2.30. The molecule has 0 bridgehead atoms. The van der Waals surface area contributed by atoms with Gasteiger partial charge in [0.15, 0.2) is 0 Å². The Hall–Kier alpha value is -3.85. The molecule has 1 heterocycles. The first-order valence-electron chi connectivity index (χ1n) is 10.8. The lowest BCUT2D eigenvalue weighted by Crippen LogP contribution is -2.28. The van der Waals surface area contributed by atoms with Crippen LogP contribution in [-0.4, -0.2) is 35.8 Å². The highest BCUT2D eigenvalue weighted by atomic mass is 32.2. The van der Waals surface area contributed by atoms with Crippen LogP contribution in [0.3, 0.4) is 0 Å². The van der Waals surface area contributed by atoms with E-state index in [1.165, 1.54) is 17.8 Å². The van der Waals surface area contributed by atoms with E-state index in [1.807, 2.05) is 35.0 Å². The number of carbonyl (C=O) groups excluding carboxylic acids is 2. The van der Waals surface area contributed by atoms with Gasteiger partial charge in [0.1, 0.15) is 22.9 Å². The van der Waals surface area contributed by atoms with Crippen molar-refractivity contribution in [3.8, 4) is 5.75 Å². The van der Waals surface area contributed by atoms with Crippen LogP contribution in [0.5, 0.6) is 5.75 Å². The molecule has 0 aliphatic heterocycles. The van der Waals surface area contributed by atoms with Crippen LogP contribution in [0.15, 0.2) is 77.8 Å². The number of fused-ring (bicyclic) bond motifs is 1. The van der Waals surface area contributed by atoms with Crippen LogP contribution in [0.4, 0.5) is 14.5 Å². The molecule has 0 radical (unpaired) electrons. The summed E-state index contributed by atoms with van der Waals surface area (Å²) in [4.78, 5) is 25.6. The van der Waals surface area contributed by atoms with Crippen molar-refractivity contribution in [1.82, 2.24) is 9.88 Å².